The molecule has 4 rings (SSSR count). The van der Waals surface area contributed by atoms with Crippen LogP contribution in [-0.2, 0) is 0 Å². The molecule has 114 valence electrons. The van der Waals surface area contributed by atoms with Gasteiger partial charge in [-0.3, -0.25) is 0 Å². The van der Waals surface area contributed by atoms with E-state index in [1.54, 1.807) is 0 Å². The molecule has 0 amide bonds. The van der Waals surface area contributed by atoms with Gasteiger partial charge >= 0.3 is 0 Å². The highest BCUT2D eigenvalue weighted by atomic mass is 14.4. The highest BCUT2D eigenvalue weighted by molar-refractivity contribution is 5.37. The van der Waals surface area contributed by atoms with Gasteiger partial charge in [0.15, 0.2) is 0 Å². The fourth-order valence-corrected chi connectivity index (χ4v) is 4.13. The molecule has 0 saturated heterocycles. The van der Waals surface area contributed by atoms with Crippen LogP contribution in [0.4, 0.5) is 0 Å². The van der Waals surface area contributed by atoms with Gasteiger partial charge in [0.05, 0.1) is 0 Å². The monoisotopic (exact) mass is 298 g/mol. The van der Waals surface area contributed by atoms with Gasteiger partial charge in [0.25, 0.3) is 0 Å². The molecule has 2 aromatic carbocycles. The predicted molar refractivity (Wildman–Crippen MR) is 97.2 cm³/mol. The van der Waals surface area contributed by atoms with Crippen LogP contribution in [0.15, 0.2) is 97.1 Å². The van der Waals surface area contributed by atoms with Crippen LogP contribution in [0.5, 0.6) is 0 Å². The van der Waals surface area contributed by atoms with Crippen molar-refractivity contribution in [2.75, 3.05) is 0 Å². The summed E-state index contributed by atoms with van der Waals surface area (Å²) in [7, 11) is 0. The lowest BCUT2D eigenvalue weighted by atomic mass is 9.66. The Labute approximate surface area is 138 Å². The third-order valence-electron chi connectivity index (χ3n) is 5.21. The van der Waals surface area contributed by atoms with Gasteiger partial charge < -0.3 is 0 Å². The maximum atomic E-state index is 2.45. The Bertz CT molecular complexity index is 682. The average Bonchev–Trinajstić information content (AvgIpc) is 2.64. The normalized spacial score (nSPS) is 25.5. The van der Waals surface area contributed by atoms with Gasteiger partial charge in [-0.25, -0.2) is 0 Å². The van der Waals surface area contributed by atoms with E-state index in [1.807, 2.05) is 0 Å². The van der Waals surface area contributed by atoms with E-state index < -0.39 is 0 Å². The smallest absolute Gasteiger partial charge is 0.0158 e. The van der Waals surface area contributed by atoms with Crippen LogP contribution in [0.1, 0.15) is 23.5 Å². The van der Waals surface area contributed by atoms with Crippen molar-refractivity contribution >= 4 is 0 Å². The SMILES string of the molecule is C1=CC2CC=CC(C(c3ccccc3)c3ccccc3)C2C=C1. The van der Waals surface area contributed by atoms with Crippen molar-refractivity contribution in [1.29, 1.82) is 0 Å². The number of fused-ring (bicyclic) bond motifs is 1. The van der Waals surface area contributed by atoms with Crippen molar-refractivity contribution < 1.29 is 0 Å². The highest BCUT2D eigenvalue weighted by Crippen LogP contribution is 2.44. The standard InChI is InChI=1S/C23H22/c1-3-11-19(12-4-1)23(20-13-5-2-6-14-20)22-17-9-15-18-10-7-8-16-21(18)22/h1-14,16-18,21-23H,15H2. The first-order chi connectivity index (χ1) is 11.4. The quantitative estimate of drug-likeness (QED) is 0.633. The van der Waals surface area contributed by atoms with Gasteiger partial charge in [-0.05, 0) is 35.3 Å². The second kappa shape index (κ2) is 6.42. The summed E-state index contributed by atoms with van der Waals surface area (Å²) < 4.78 is 0. The molecule has 2 aliphatic carbocycles. The van der Waals surface area contributed by atoms with E-state index in [4.69, 9.17) is 0 Å². The Morgan fingerprint density at radius 3 is 1.96 bits per heavy atom. The van der Waals surface area contributed by atoms with Crippen LogP contribution < -0.4 is 0 Å². The fraction of sp³-hybridized carbons (Fsp3) is 0.217. The van der Waals surface area contributed by atoms with Gasteiger partial charge in [-0.2, -0.15) is 0 Å². The lowest BCUT2D eigenvalue weighted by Gasteiger charge is -2.38. The van der Waals surface area contributed by atoms with Crippen LogP contribution >= 0.6 is 0 Å². The van der Waals surface area contributed by atoms with E-state index >= 15 is 0 Å². The third-order valence-corrected chi connectivity index (χ3v) is 5.21. The van der Waals surface area contributed by atoms with Crippen molar-refractivity contribution in [1.82, 2.24) is 0 Å². The summed E-state index contributed by atoms with van der Waals surface area (Å²) in [5.74, 6) is 2.16. The first-order valence-electron chi connectivity index (χ1n) is 8.55. The minimum Gasteiger partial charge on any atom is -0.0876 e. The minimum atomic E-state index is 0.414. The van der Waals surface area contributed by atoms with E-state index in [1.165, 1.54) is 11.1 Å². The summed E-state index contributed by atoms with van der Waals surface area (Å²) in [4.78, 5) is 0. The molecule has 3 atom stereocenters. The van der Waals surface area contributed by atoms with E-state index in [2.05, 4.69) is 97.1 Å². The lowest BCUT2D eigenvalue weighted by Crippen LogP contribution is -2.29. The Hall–Kier alpha value is -2.34. The number of rotatable bonds is 3. The summed E-state index contributed by atoms with van der Waals surface area (Å²) in [6.07, 6.45) is 15.2. The van der Waals surface area contributed by atoms with Crippen molar-refractivity contribution in [2.24, 2.45) is 17.8 Å². The Kier molecular flexibility index (Phi) is 3.98. The molecule has 0 aliphatic heterocycles. The zero-order valence-corrected chi connectivity index (χ0v) is 13.3. The van der Waals surface area contributed by atoms with Gasteiger partial charge in [-0.1, -0.05) is 97.1 Å². The van der Waals surface area contributed by atoms with Crippen molar-refractivity contribution in [3.8, 4) is 0 Å². The van der Waals surface area contributed by atoms with Crippen LogP contribution in [0.25, 0.3) is 0 Å². The van der Waals surface area contributed by atoms with Crippen molar-refractivity contribution in [2.45, 2.75) is 12.3 Å². The number of benzene rings is 2. The number of hydrogen-bond acceptors (Lipinski definition) is 0. The van der Waals surface area contributed by atoms with Crippen LogP contribution in [0, 0.1) is 17.8 Å². The first kappa shape index (κ1) is 14.3. The molecule has 2 aliphatic rings. The summed E-state index contributed by atoms with van der Waals surface area (Å²) in [5.41, 5.74) is 2.83. The molecular formula is C23H22. The molecule has 0 heterocycles. The average molecular weight is 298 g/mol. The van der Waals surface area contributed by atoms with Crippen LogP contribution in [0.2, 0.25) is 0 Å². The molecular weight excluding hydrogens is 276 g/mol. The maximum Gasteiger partial charge on any atom is 0.0158 e. The summed E-state index contributed by atoms with van der Waals surface area (Å²) in [6, 6.07) is 21.9. The van der Waals surface area contributed by atoms with Gasteiger partial charge in [0, 0.05) is 5.92 Å². The summed E-state index contributed by atoms with van der Waals surface area (Å²) in [6.45, 7) is 0. The van der Waals surface area contributed by atoms with Crippen molar-refractivity contribution in [3.63, 3.8) is 0 Å². The molecule has 0 saturated carbocycles. The molecule has 0 spiro atoms. The fourth-order valence-electron chi connectivity index (χ4n) is 4.13. The highest BCUT2D eigenvalue weighted by Gasteiger charge is 2.34. The lowest BCUT2D eigenvalue weighted by molar-refractivity contribution is 0.327. The first-order valence-corrected chi connectivity index (χ1v) is 8.55. The zero-order chi connectivity index (χ0) is 15.5. The largest absolute Gasteiger partial charge is 0.0876 e. The molecule has 3 unspecified atom stereocenters. The second-order valence-electron chi connectivity index (χ2n) is 6.55. The van der Waals surface area contributed by atoms with E-state index in [0.29, 0.717) is 23.7 Å². The topological polar surface area (TPSA) is 0 Å². The van der Waals surface area contributed by atoms with Crippen molar-refractivity contribution in [3.05, 3.63) is 108 Å². The number of hydrogen-bond donors (Lipinski definition) is 0. The van der Waals surface area contributed by atoms with Gasteiger partial charge in [0.1, 0.15) is 0 Å². The molecule has 0 bridgehead atoms. The molecule has 0 fully saturated rings. The van der Waals surface area contributed by atoms with Gasteiger partial charge in [-0.15, -0.1) is 0 Å². The van der Waals surface area contributed by atoms with E-state index in [-0.39, 0.29) is 0 Å². The summed E-state index contributed by atoms with van der Waals surface area (Å²) in [5, 5.41) is 0. The van der Waals surface area contributed by atoms with Gasteiger partial charge in [0.2, 0.25) is 0 Å². The Morgan fingerprint density at radius 2 is 1.30 bits per heavy atom. The molecule has 0 radical (unpaired) electrons. The Morgan fingerprint density at radius 1 is 0.696 bits per heavy atom. The van der Waals surface area contributed by atoms with Crippen LogP contribution in [-0.4, -0.2) is 0 Å². The van der Waals surface area contributed by atoms with Crippen LogP contribution in [0.3, 0.4) is 0 Å². The predicted octanol–water partition coefficient (Wildman–Crippen LogP) is 5.75. The molecule has 0 N–H and O–H groups in total. The van der Waals surface area contributed by atoms with E-state index in [0.717, 1.165) is 6.42 Å². The molecule has 23 heavy (non-hydrogen) atoms. The Balaban J connectivity index is 1.79. The molecule has 0 heteroatoms. The summed E-state index contributed by atoms with van der Waals surface area (Å²) >= 11 is 0. The molecule has 0 aromatic heterocycles. The maximum absolute atomic E-state index is 2.45. The van der Waals surface area contributed by atoms with E-state index in [9.17, 15) is 0 Å². The minimum absolute atomic E-state index is 0.414. The molecule has 2 aromatic rings. The molecule has 0 nitrogen and oxygen atoms in total. The second-order valence-corrected chi connectivity index (χ2v) is 6.55. The third kappa shape index (κ3) is 2.82. The number of allylic oxidation sites excluding steroid dienone is 6. The zero-order valence-electron chi connectivity index (χ0n) is 13.3.